The molecule has 0 spiro atoms. The summed E-state index contributed by atoms with van der Waals surface area (Å²) in [4.78, 5) is 0. The van der Waals surface area contributed by atoms with Crippen LogP contribution in [0.5, 0.6) is 0 Å². The molecule has 0 radical (unpaired) electrons. The lowest BCUT2D eigenvalue weighted by atomic mass is 9.85. The van der Waals surface area contributed by atoms with Gasteiger partial charge in [-0.25, -0.2) is 0 Å². The van der Waals surface area contributed by atoms with Crippen molar-refractivity contribution < 1.29 is 10.2 Å². The predicted molar refractivity (Wildman–Crippen MR) is 64.0 cm³/mol. The molecule has 2 fully saturated rings. The van der Waals surface area contributed by atoms with Gasteiger partial charge in [0.2, 0.25) is 0 Å². The van der Waals surface area contributed by atoms with Crippen molar-refractivity contribution in [2.45, 2.75) is 50.2 Å². The van der Waals surface area contributed by atoms with Crippen LogP contribution in [0, 0.1) is 29.6 Å². The van der Waals surface area contributed by atoms with E-state index in [2.05, 4.69) is 11.8 Å². The zero-order chi connectivity index (χ0) is 11.9. The first-order valence-corrected chi connectivity index (χ1v) is 6.36. The summed E-state index contributed by atoms with van der Waals surface area (Å²) in [5, 5.41) is 19.1. The van der Waals surface area contributed by atoms with Gasteiger partial charge in [0.25, 0.3) is 0 Å². The number of fused-ring (bicyclic) bond motifs is 2. The van der Waals surface area contributed by atoms with Gasteiger partial charge in [-0.05, 0) is 44.4 Å². The Labute approximate surface area is 102 Å². The van der Waals surface area contributed by atoms with E-state index in [9.17, 15) is 10.2 Å². The molecule has 2 N–H and O–H groups in total. The Morgan fingerprint density at radius 2 is 2.06 bits per heavy atom. The molecule has 2 rings (SSSR count). The summed E-state index contributed by atoms with van der Waals surface area (Å²) in [7, 11) is 0. The van der Waals surface area contributed by atoms with Crippen LogP contribution in [0.1, 0.15) is 33.1 Å². The van der Waals surface area contributed by atoms with Crippen molar-refractivity contribution in [1.29, 1.82) is 0 Å². The second kappa shape index (κ2) is 4.22. The van der Waals surface area contributed by atoms with Crippen LogP contribution in [-0.4, -0.2) is 27.3 Å². The fourth-order valence-corrected chi connectivity index (χ4v) is 3.53. The smallest absolute Gasteiger partial charge is 0.119 e. The van der Waals surface area contributed by atoms with Gasteiger partial charge in [-0.1, -0.05) is 11.8 Å². The topological polar surface area (TPSA) is 40.5 Å². The lowest BCUT2D eigenvalue weighted by molar-refractivity contribution is 0.0999. The van der Waals surface area contributed by atoms with Crippen molar-refractivity contribution in [2.75, 3.05) is 0 Å². The van der Waals surface area contributed by atoms with E-state index >= 15 is 0 Å². The monoisotopic (exact) mass is 242 g/mol. The molecule has 2 aliphatic carbocycles. The highest BCUT2D eigenvalue weighted by Crippen LogP contribution is 2.51. The van der Waals surface area contributed by atoms with Gasteiger partial charge in [0.15, 0.2) is 0 Å². The SMILES string of the molecule is CC(C)(O)C#CCC1CC2CC1C(Cl)C2O. The Morgan fingerprint density at radius 3 is 2.56 bits per heavy atom. The Hall–Kier alpha value is -0.230. The summed E-state index contributed by atoms with van der Waals surface area (Å²) in [6.07, 6.45) is 2.56. The molecule has 0 aromatic heterocycles. The first-order chi connectivity index (χ1) is 7.38. The van der Waals surface area contributed by atoms with Gasteiger partial charge >= 0.3 is 0 Å². The minimum absolute atomic E-state index is 0.0901. The molecule has 2 nitrogen and oxygen atoms in total. The molecule has 0 aliphatic heterocycles. The molecule has 0 saturated heterocycles. The molecule has 0 heterocycles. The minimum Gasteiger partial charge on any atom is -0.391 e. The third-order valence-electron chi connectivity index (χ3n) is 3.76. The molecule has 2 aliphatic rings. The van der Waals surface area contributed by atoms with Crippen LogP contribution in [0.2, 0.25) is 0 Å². The fourth-order valence-electron chi connectivity index (χ4n) is 3.02. The van der Waals surface area contributed by atoms with Crippen molar-refractivity contribution in [3.8, 4) is 11.8 Å². The van der Waals surface area contributed by atoms with Crippen LogP contribution >= 0.6 is 11.6 Å². The van der Waals surface area contributed by atoms with Crippen molar-refractivity contribution >= 4 is 11.6 Å². The third-order valence-corrected chi connectivity index (χ3v) is 4.34. The number of alkyl halides is 1. The van der Waals surface area contributed by atoms with Crippen LogP contribution in [-0.2, 0) is 0 Å². The summed E-state index contributed by atoms with van der Waals surface area (Å²) in [6.45, 7) is 3.38. The average molecular weight is 243 g/mol. The molecule has 90 valence electrons. The van der Waals surface area contributed by atoms with E-state index < -0.39 is 5.60 Å². The van der Waals surface area contributed by atoms with Gasteiger partial charge in [-0.2, -0.15) is 0 Å². The van der Waals surface area contributed by atoms with Crippen LogP contribution < -0.4 is 0 Å². The van der Waals surface area contributed by atoms with Crippen LogP contribution in [0.4, 0.5) is 0 Å². The number of hydrogen-bond acceptors (Lipinski definition) is 2. The Bertz CT molecular complexity index is 321. The Balaban J connectivity index is 1.92. The maximum Gasteiger partial charge on any atom is 0.119 e. The molecule has 0 amide bonds. The van der Waals surface area contributed by atoms with Crippen molar-refractivity contribution in [1.82, 2.24) is 0 Å². The maximum atomic E-state index is 9.75. The summed E-state index contributed by atoms with van der Waals surface area (Å²) >= 11 is 6.18. The number of aliphatic hydroxyl groups excluding tert-OH is 1. The zero-order valence-corrected chi connectivity index (χ0v) is 10.5. The van der Waals surface area contributed by atoms with E-state index in [1.54, 1.807) is 13.8 Å². The number of hydrogen-bond donors (Lipinski definition) is 2. The van der Waals surface area contributed by atoms with Crippen molar-refractivity contribution in [3.63, 3.8) is 0 Å². The first kappa shape index (κ1) is 12.2. The predicted octanol–water partition coefficient (Wildman–Crippen LogP) is 1.78. The molecule has 2 bridgehead atoms. The number of aliphatic hydroxyl groups is 2. The summed E-state index contributed by atoms with van der Waals surface area (Å²) in [5.74, 6) is 7.18. The average Bonchev–Trinajstić information content (AvgIpc) is 2.66. The van der Waals surface area contributed by atoms with Crippen molar-refractivity contribution in [2.24, 2.45) is 17.8 Å². The van der Waals surface area contributed by atoms with Gasteiger partial charge in [-0.15, -0.1) is 11.6 Å². The van der Waals surface area contributed by atoms with E-state index in [1.807, 2.05) is 0 Å². The van der Waals surface area contributed by atoms with E-state index in [0.29, 0.717) is 17.8 Å². The zero-order valence-electron chi connectivity index (χ0n) is 9.78. The molecule has 5 atom stereocenters. The van der Waals surface area contributed by atoms with Crippen molar-refractivity contribution in [3.05, 3.63) is 0 Å². The lowest BCUT2D eigenvalue weighted by Crippen LogP contribution is -2.32. The fraction of sp³-hybridized carbons (Fsp3) is 0.846. The van der Waals surface area contributed by atoms with Gasteiger partial charge in [-0.3, -0.25) is 0 Å². The van der Waals surface area contributed by atoms with E-state index in [1.165, 1.54) is 0 Å². The summed E-state index contributed by atoms with van der Waals surface area (Å²) in [6, 6.07) is 0. The summed E-state index contributed by atoms with van der Waals surface area (Å²) in [5.41, 5.74) is -0.905. The van der Waals surface area contributed by atoms with E-state index in [0.717, 1.165) is 19.3 Å². The standard InChI is InChI=1S/C13H19ClO2/c1-13(2,16)5-3-4-8-6-9-7-10(8)11(14)12(9)15/h8-12,15-16H,4,6-7H2,1-2H3. The molecule has 0 aromatic carbocycles. The highest BCUT2D eigenvalue weighted by Gasteiger charge is 2.50. The maximum absolute atomic E-state index is 9.75. The second-order valence-corrected chi connectivity index (χ2v) is 6.16. The molecule has 2 saturated carbocycles. The first-order valence-electron chi connectivity index (χ1n) is 5.93. The third kappa shape index (κ3) is 2.37. The van der Waals surface area contributed by atoms with Gasteiger partial charge in [0.05, 0.1) is 11.5 Å². The van der Waals surface area contributed by atoms with E-state index in [4.69, 9.17) is 11.6 Å². The largest absolute Gasteiger partial charge is 0.391 e. The highest BCUT2D eigenvalue weighted by atomic mass is 35.5. The second-order valence-electron chi connectivity index (χ2n) is 5.66. The summed E-state index contributed by atoms with van der Waals surface area (Å²) < 4.78 is 0. The van der Waals surface area contributed by atoms with Crippen LogP contribution in [0.15, 0.2) is 0 Å². The van der Waals surface area contributed by atoms with Gasteiger partial charge in [0.1, 0.15) is 5.60 Å². The molecular weight excluding hydrogens is 224 g/mol. The normalized spacial score (nSPS) is 41.9. The molecule has 16 heavy (non-hydrogen) atoms. The molecular formula is C13H19ClO2. The molecule has 5 unspecified atom stereocenters. The van der Waals surface area contributed by atoms with Crippen LogP contribution in [0.25, 0.3) is 0 Å². The number of halogens is 1. The van der Waals surface area contributed by atoms with Gasteiger partial charge in [0, 0.05) is 6.42 Å². The molecule has 0 aromatic rings. The molecule has 3 heteroatoms. The quantitative estimate of drug-likeness (QED) is 0.544. The van der Waals surface area contributed by atoms with Crippen LogP contribution in [0.3, 0.4) is 0 Å². The van der Waals surface area contributed by atoms with Gasteiger partial charge < -0.3 is 10.2 Å². The Morgan fingerprint density at radius 1 is 1.38 bits per heavy atom. The minimum atomic E-state index is -0.905. The highest BCUT2D eigenvalue weighted by molar-refractivity contribution is 6.21. The number of rotatable bonds is 1. The Kier molecular flexibility index (Phi) is 3.22. The lowest BCUT2D eigenvalue weighted by Gasteiger charge is -2.28. The van der Waals surface area contributed by atoms with E-state index in [-0.39, 0.29) is 11.5 Å².